The zero-order chi connectivity index (χ0) is 14.4. The summed E-state index contributed by atoms with van der Waals surface area (Å²) in [4.78, 5) is 16.5. The van der Waals surface area contributed by atoms with Crippen molar-refractivity contribution in [1.82, 2.24) is 9.80 Å². The molecule has 1 unspecified atom stereocenters. The maximum absolute atomic E-state index is 11.6. The summed E-state index contributed by atoms with van der Waals surface area (Å²) in [7, 11) is 1.42. The molecule has 0 aromatic rings. The molecule has 0 bridgehead atoms. The number of esters is 1. The maximum Gasteiger partial charge on any atom is 0.336 e. The average molecular weight is 284 g/mol. The molecule has 0 aliphatic carbocycles. The van der Waals surface area contributed by atoms with Gasteiger partial charge in [-0.3, -0.25) is 4.90 Å². The van der Waals surface area contributed by atoms with Crippen molar-refractivity contribution in [3.8, 4) is 0 Å². The van der Waals surface area contributed by atoms with E-state index < -0.39 is 6.10 Å². The smallest absolute Gasteiger partial charge is 0.336 e. The van der Waals surface area contributed by atoms with Crippen molar-refractivity contribution in [2.24, 2.45) is 0 Å². The third-order valence-electron chi connectivity index (χ3n) is 4.20. The SMILES string of the molecule is COC(=O)C1CN(CCCN2CCCCC2)C[C@@H](C)O1. The summed E-state index contributed by atoms with van der Waals surface area (Å²) in [5.41, 5.74) is 0. The average Bonchev–Trinajstić information content (AvgIpc) is 2.47. The van der Waals surface area contributed by atoms with Crippen LogP contribution in [0.4, 0.5) is 0 Å². The molecule has 5 nitrogen and oxygen atoms in total. The van der Waals surface area contributed by atoms with Crippen molar-refractivity contribution in [2.45, 2.75) is 44.8 Å². The number of rotatable bonds is 5. The fraction of sp³-hybridized carbons (Fsp3) is 0.933. The normalized spacial score (nSPS) is 29.3. The molecule has 0 spiro atoms. The van der Waals surface area contributed by atoms with Gasteiger partial charge in [-0.15, -0.1) is 0 Å². The van der Waals surface area contributed by atoms with E-state index in [0.717, 1.165) is 13.1 Å². The maximum atomic E-state index is 11.6. The highest BCUT2D eigenvalue weighted by Gasteiger charge is 2.30. The number of ether oxygens (including phenoxy) is 2. The van der Waals surface area contributed by atoms with Gasteiger partial charge in [-0.2, -0.15) is 0 Å². The van der Waals surface area contributed by atoms with Crippen LogP contribution >= 0.6 is 0 Å². The molecule has 2 rings (SSSR count). The minimum Gasteiger partial charge on any atom is -0.467 e. The predicted molar refractivity (Wildman–Crippen MR) is 77.7 cm³/mol. The Morgan fingerprint density at radius 1 is 1.15 bits per heavy atom. The molecule has 2 aliphatic heterocycles. The fourth-order valence-corrected chi connectivity index (χ4v) is 3.18. The van der Waals surface area contributed by atoms with Crippen molar-refractivity contribution < 1.29 is 14.3 Å². The first-order chi connectivity index (χ1) is 9.69. The molecule has 2 fully saturated rings. The van der Waals surface area contributed by atoms with E-state index >= 15 is 0 Å². The van der Waals surface area contributed by atoms with Crippen LogP contribution in [-0.2, 0) is 14.3 Å². The van der Waals surface area contributed by atoms with Crippen LogP contribution in [0.3, 0.4) is 0 Å². The van der Waals surface area contributed by atoms with Gasteiger partial charge < -0.3 is 14.4 Å². The van der Waals surface area contributed by atoms with Crippen LogP contribution < -0.4 is 0 Å². The molecule has 5 heteroatoms. The van der Waals surface area contributed by atoms with Gasteiger partial charge in [0.05, 0.1) is 13.2 Å². The van der Waals surface area contributed by atoms with Crippen LogP contribution in [0.1, 0.15) is 32.6 Å². The summed E-state index contributed by atoms with van der Waals surface area (Å²) in [6.45, 7) is 8.32. The highest BCUT2D eigenvalue weighted by molar-refractivity contribution is 5.74. The number of nitrogens with zero attached hydrogens (tertiary/aromatic N) is 2. The molecular formula is C15H28N2O3. The van der Waals surface area contributed by atoms with E-state index in [4.69, 9.17) is 9.47 Å². The zero-order valence-corrected chi connectivity index (χ0v) is 12.8. The highest BCUT2D eigenvalue weighted by atomic mass is 16.6. The molecular weight excluding hydrogens is 256 g/mol. The van der Waals surface area contributed by atoms with E-state index in [-0.39, 0.29) is 12.1 Å². The molecule has 116 valence electrons. The quantitative estimate of drug-likeness (QED) is 0.708. The first kappa shape index (κ1) is 15.7. The minimum atomic E-state index is -0.418. The number of hydrogen-bond acceptors (Lipinski definition) is 5. The zero-order valence-electron chi connectivity index (χ0n) is 12.8. The summed E-state index contributed by atoms with van der Waals surface area (Å²) >= 11 is 0. The van der Waals surface area contributed by atoms with Gasteiger partial charge in [0, 0.05) is 13.1 Å². The van der Waals surface area contributed by atoms with Crippen molar-refractivity contribution in [3.63, 3.8) is 0 Å². The second-order valence-corrected chi connectivity index (χ2v) is 5.97. The van der Waals surface area contributed by atoms with Gasteiger partial charge in [-0.1, -0.05) is 6.42 Å². The standard InChI is InChI=1S/C15H28N2O3/c1-13-11-17(12-14(20-13)15(18)19-2)10-6-9-16-7-4-3-5-8-16/h13-14H,3-12H2,1-2H3/t13-,14?/m1/s1. The molecule has 0 saturated carbocycles. The fourth-order valence-electron chi connectivity index (χ4n) is 3.18. The first-order valence-electron chi connectivity index (χ1n) is 7.87. The van der Waals surface area contributed by atoms with Gasteiger partial charge in [0.25, 0.3) is 0 Å². The van der Waals surface area contributed by atoms with E-state index in [1.54, 1.807) is 0 Å². The molecule has 2 saturated heterocycles. The summed E-state index contributed by atoms with van der Waals surface area (Å²) < 4.78 is 10.4. The van der Waals surface area contributed by atoms with Crippen LogP contribution in [0, 0.1) is 0 Å². The monoisotopic (exact) mass is 284 g/mol. The van der Waals surface area contributed by atoms with E-state index in [2.05, 4.69) is 9.80 Å². The molecule has 0 aromatic carbocycles. The number of piperidine rings is 1. The molecule has 2 aliphatic rings. The second-order valence-electron chi connectivity index (χ2n) is 5.97. The topological polar surface area (TPSA) is 42.0 Å². The van der Waals surface area contributed by atoms with Crippen LogP contribution in [0.2, 0.25) is 0 Å². The van der Waals surface area contributed by atoms with Gasteiger partial charge in [-0.25, -0.2) is 4.79 Å². The highest BCUT2D eigenvalue weighted by Crippen LogP contribution is 2.13. The Hall–Kier alpha value is -0.650. The van der Waals surface area contributed by atoms with Crippen molar-refractivity contribution in [3.05, 3.63) is 0 Å². The third-order valence-corrected chi connectivity index (χ3v) is 4.20. The predicted octanol–water partition coefficient (Wildman–Crippen LogP) is 1.12. The Morgan fingerprint density at radius 3 is 2.55 bits per heavy atom. The van der Waals surface area contributed by atoms with E-state index in [1.165, 1.54) is 52.4 Å². The summed E-state index contributed by atoms with van der Waals surface area (Å²) in [5.74, 6) is -0.252. The summed E-state index contributed by atoms with van der Waals surface area (Å²) in [5, 5.41) is 0. The van der Waals surface area contributed by atoms with Crippen LogP contribution in [-0.4, -0.2) is 74.4 Å². The molecule has 0 N–H and O–H groups in total. The van der Waals surface area contributed by atoms with Crippen LogP contribution in [0.15, 0.2) is 0 Å². The summed E-state index contributed by atoms with van der Waals surface area (Å²) in [6, 6.07) is 0. The lowest BCUT2D eigenvalue weighted by molar-refractivity contribution is -0.166. The molecule has 0 aromatic heterocycles. The lowest BCUT2D eigenvalue weighted by Crippen LogP contribution is -2.50. The Morgan fingerprint density at radius 2 is 1.85 bits per heavy atom. The minimum absolute atomic E-state index is 0.0998. The van der Waals surface area contributed by atoms with Crippen LogP contribution in [0.5, 0.6) is 0 Å². The third kappa shape index (κ3) is 4.72. The number of carbonyl (C=O) groups excluding carboxylic acids is 1. The lowest BCUT2D eigenvalue weighted by atomic mass is 10.1. The van der Waals surface area contributed by atoms with E-state index in [0.29, 0.717) is 6.54 Å². The van der Waals surface area contributed by atoms with Gasteiger partial charge in [0.15, 0.2) is 6.10 Å². The Balaban J connectivity index is 1.69. The van der Waals surface area contributed by atoms with Crippen molar-refractivity contribution in [2.75, 3.05) is 46.4 Å². The van der Waals surface area contributed by atoms with E-state index in [1.807, 2.05) is 6.92 Å². The van der Waals surface area contributed by atoms with Gasteiger partial charge in [0.2, 0.25) is 0 Å². The second kappa shape index (κ2) is 7.96. The molecule has 0 radical (unpaired) electrons. The largest absolute Gasteiger partial charge is 0.467 e. The Kier molecular flexibility index (Phi) is 6.26. The van der Waals surface area contributed by atoms with Gasteiger partial charge in [-0.05, 0) is 52.4 Å². The van der Waals surface area contributed by atoms with Crippen LogP contribution in [0.25, 0.3) is 0 Å². The lowest BCUT2D eigenvalue weighted by Gasteiger charge is -2.36. The van der Waals surface area contributed by atoms with Gasteiger partial charge in [0.1, 0.15) is 0 Å². The Bertz CT molecular complexity index is 305. The number of hydrogen-bond donors (Lipinski definition) is 0. The van der Waals surface area contributed by atoms with Crippen molar-refractivity contribution in [1.29, 1.82) is 0 Å². The van der Waals surface area contributed by atoms with Crippen molar-refractivity contribution >= 4 is 5.97 Å². The molecule has 2 heterocycles. The molecule has 2 atom stereocenters. The number of methoxy groups -OCH3 is 1. The molecule has 20 heavy (non-hydrogen) atoms. The van der Waals surface area contributed by atoms with E-state index in [9.17, 15) is 4.79 Å². The summed E-state index contributed by atoms with van der Waals surface area (Å²) in [6.07, 6.45) is 4.93. The Labute approximate surface area is 122 Å². The number of likely N-dealkylation sites (tertiary alicyclic amines) is 1. The number of carbonyl (C=O) groups is 1. The molecule has 0 amide bonds. The number of morpholine rings is 1. The van der Waals surface area contributed by atoms with Gasteiger partial charge >= 0.3 is 5.97 Å². The first-order valence-corrected chi connectivity index (χ1v) is 7.87.